The van der Waals surface area contributed by atoms with Crippen LogP contribution in [0.5, 0.6) is 0 Å². The van der Waals surface area contributed by atoms with Gasteiger partial charge in [0.15, 0.2) is 10.7 Å². The van der Waals surface area contributed by atoms with Crippen LogP contribution >= 0.6 is 11.3 Å². The highest BCUT2D eigenvalue weighted by Gasteiger charge is 2.34. The topological polar surface area (TPSA) is 130 Å². The van der Waals surface area contributed by atoms with Gasteiger partial charge in [-0.15, -0.1) is 11.3 Å². The molecule has 0 spiro atoms. The van der Waals surface area contributed by atoms with Gasteiger partial charge in [0.05, 0.1) is 28.1 Å². The summed E-state index contributed by atoms with van der Waals surface area (Å²) in [6, 6.07) is 1.53. The number of likely N-dealkylation sites (tertiary alicyclic amines) is 1. The lowest BCUT2D eigenvalue weighted by Gasteiger charge is -2.23. The first-order valence-corrected chi connectivity index (χ1v) is 13.9. The van der Waals surface area contributed by atoms with Gasteiger partial charge in [0.25, 0.3) is 5.91 Å². The van der Waals surface area contributed by atoms with E-state index in [9.17, 15) is 17.8 Å². The van der Waals surface area contributed by atoms with Gasteiger partial charge in [0.2, 0.25) is 12.4 Å². The molecule has 5 heterocycles. The molecule has 37 heavy (non-hydrogen) atoms. The van der Waals surface area contributed by atoms with Crippen molar-refractivity contribution in [3.05, 3.63) is 47.1 Å². The number of aromatic amines is 1. The normalized spacial score (nSPS) is 18.6. The lowest BCUT2D eigenvalue weighted by molar-refractivity contribution is 0.0732. The Hall–Kier alpha value is -3.39. The van der Waals surface area contributed by atoms with Crippen molar-refractivity contribution in [3.63, 3.8) is 0 Å². The number of thiazole rings is 1. The van der Waals surface area contributed by atoms with E-state index in [0.29, 0.717) is 50.5 Å². The molecule has 4 aromatic rings. The Bertz CT molecular complexity index is 1490. The zero-order valence-corrected chi connectivity index (χ0v) is 21.1. The Labute approximate surface area is 216 Å². The van der Waals surface area contributed by atoms with Crippen LogP contribution < -0.4 is 4.72 Å². The maximum absolute atomic E-state index is 13.4. The van der Waals surface area contributed by atoms with Crippen LogP contribution in [0, 0.1) is 0 Å². The van der Waals surface area contributed by atoms with Crippen molar-refractivity contribution in [2.75, 3.05) is 11.3 Å². The summed E-state index contributed by atoms with van der Waals surface area (Å²) in [5.41, 5.74) is 2.35. The van der Waals surface area contributed by atoms with Gasteiger partial charge in [-0.1, -0.05) is 0 Å². The average Bonchev–Trinajstić information content (AvgIpc) is 3.27. The minimum Gasteiger partial charge on any atom is -0.345 e. The van der Waals surface area contributed by atoms with E-state index in [0.717, 1.165) is 25.7 Å². The Morgan fingerprint density at radius 3 is 2.89 bits per heavy atom. The van der Waals surface area contributed by atoms with Gasteiger partial charge in [0.1, 0.15) is 22.2 Å². The van der Waals surface area contributed by atoms with Crippen LogP contribution in [0.2, 0.25) is 0 Å². The second kappa shape index (κ2) is 9.82. The van der Waals surface area contributed by atoms with Crippen LogP contribution in [0.1, 0.15) is 52.8 Å². The third-order valence-electron chi connectivity index (χ3n) is 6.33. The summed E-state index contributed by atoms with van der Waals surface area (Å²) >= 11 is 1.18. The maximum atomic E-state index is 13.4. The van der Waals surface area contributed by atoms with Crippen molar-refractivity contribution in [3.8, 4) is 10.6 Å². The number of carbonyl (C=O) groups is 1. The van der Waals surface area contributed by atoms with Gasteiger partial charge in [-0.25, -0.2) is 37.9 Å². The van der Waals surface area contributed by atoms with Crippen LogP contribution in [0.25, 0.3) is 21.7 Å². The van der Waals surface area contributed by atoms with Crippen molar-refractivity contribution in [2.24, 2.45) is 0 Å². The zero-order chi connectivity index (χ0) is 25.5. The first kappa shape index (κ1) is 24.0. The van der Waals surface area contributed by atoms with Gasteiger partial charge >= 0.3 is 0 Å². The fourth-order valence-corrected chi connectivity index (χ4v) is 6.21. The Balaban J connectivity index is 1.21. The van der Waals surface area contributed by atoms with E-state index in [1.165, 1.54) is 23.7 Å². The molecule has 1 saturated heterocycles. The number of carbonyl (C=O) groups excluding carboxylic acids is 1. The van der Waals surface area contributed by atoms with E-state index in [1.807, 2.05) is 0 Å². The van der Waals surface area contributed by atoms with E-state index in [4.69, 9.17) is 0 Å². The summed E-state index contributed by atoms with van der Waals surface area (Å²) in [5.74, 6) is 0.0750. The van der Waals surface area contributed by atoms with Crippen LogP contribution in [-0.2, 0) is 17.4 Å². The first-order chi connectivity index (χ1) is 18.0. The Kier molecular flexibility index (Phi) is 6.36. The lowest BCUT2D eigenvalue weighted by Crippen LogP contribution is -2.31. The monoisotopic (exact) mass is 544 g/mol. The zero-order valence-electron chi connectivity index (χ0n) is 19.4. The second-order valence-electron chi connectivity index (χ2n) is 8.95. The lowest BCUT2D eigenvalue weighted by atomic mass is 10.1. The van der Waals surface area contributed by atoms with Crippen LogP contribution in [0.4, 0.5) is 14.7 Å². The molecule has 14 heteroatoms. The van der Waals surface area contributed by atoms with Crippen molar-refractivity contribution >= 4 is 45.3 Å². The second-order valence-corrected chi connectivity index (χ2v) is 11.4. The van der Waals surface area contributed by atoms with Gasteiger partial charge in [0, 0.05) is 37.1 Å². The molecular formula is C23H22F2N8O2S2. The summed E-state index contributed by atoms with van der Waals surface area (Å²) in [5, 5.41) is 0.447. The summed E-state index contributed by atoms with van der Waals surface area (Å²) in [4.78, 5) is 40.5. The van der Waals surface area contributed by atoms with Gasteiger partial charge in [-0.3, -0.25) is 9.52 Å². The molecule has 2 unspecified atom stereocenters. The highest BCUT2D eigenvalue weighted by atomic mass is 32.2. The van der Waals surface area contributed by atoms with E-state index in [2.05, 4.69) is 34.6 Å². The van der Waals surface area contributed by atoms with E-state index in [-0.39, 0.29) is 17.2 Å². The Morgan fingerprint density at radius 1 is 1.22 bits per heavy atom. The van der Waals surface area contributed by atoms with Gasteiger partial charge < -0.3 is 9.88 Å². The number of fused-ring (bicyclic) bond motifs is 1. The molecule has 1 aliphatic heterocycles. The SMILES string of the molecule is O=C(c1ncc(-c2cnc3[nH]cc(CC(F)F)c3n2)s1)N1CCCC1c1ccnc(NS(=O)C2CC2)n1. The largest absolute Gasteiger partial charge is 0.345 e. The number of hydrogen-bond donors (Lipinski definition) is 2. The fourth-order valence-electron chi connectivity index (χ4n) is 4.38. The number of H-pyrrole nitrogens is 1. The molecule has 0 aromatic carbocycles. The smallest absolute Gasteiger partial charge is 0.283 e. The quantitative estimate of drug-likeness (QED) is 0.344. The molecule has 2 aliphatic rings. The molecule has 2 fully saturated rings. The predicted octanol–water partition coefficient (Wildman–Crippen LogP) is 3.89. The van der Waals surface area contributed by atoms with E-state index >= 15 is 0 Å². The minimum absolute atomic E-state index is 0.148. The predicted molar refractivity (Wildman–Crippen MR) is 135 cm³/mol. The van der Waals surface area contributed by atoms with E-state index in [1.54, 1.807) is 23.4 Å². The summed E-state index contributed by atoms with van der Waals surface area (Å²) in [6.07, 6.45) is 6.70. The Morgan fingerprint density at radius 2 is 2.08 bits per heavy atom. The highest BCUT2D eigenvalue weighted by Crippen LogP contribution is 2.35. The number of aromatic nitrogens is 6. The van der Waals surface area contributed by atoms with Crippen molar-refractivity contribution in [1.82, 2.24) is 34.8 Å². The van der Waals surface area contributed by atoms with Crippen LogP contribution in [-0.4, -0.2) is 63.1 Å². The number of anilines is 1. The number of nitrogens with one attached hydrogen (secondary N) is 2. The molecule has 0 radical (unpaired) electrons. The molecular weight excluding hydrogens is 522 g/mol. The third kappa shape index (κ3) is 4.94. The van der Waals surface area contributed by atoms with Crippen LogP contribution in [0.15, 0.2) is 30.9 Å². The number of rotatable bonds is 8. The third-order valence-corrected chi connectivity index (χ3v) is 8.79. The van der Waals surface area contributed by atoms with Crippen molar-refractivity contribution in [2.45, 2.75) is 49.8 Å². The number of nitrogens with zero attached hydrogens (tertiary/aromatic N) is 6. The molecule has 1 amide bonds. The average molecular weight is 545 g/mol. The van der Waals surface area contributed by atoms with Crippen molar-refractivity contribution in [1.29, 1.82) is 0 Å². The van der Waals surface area contributed by atoms with Crippen molar-refractivity contribution < 1.29 is 17.8 Å². The highest BCUT2D eigenvalue weighted by molar-refractivity contribution is 7.87. The summed E-state index contributed by atoms with van der Waals surface area (Å²) in [6.45, 7) is 0.561. The number of amides is 1. The maximum Gasteiger partial charge on any atom is 0.283 e. The molecule has 10 nitrogen and oxygen atoms in total. The molecule has 4 aromatic heterocycles. The molecule has 2 atom stereocenters. The number of hydrogen-bond acceptors (Lipinski definition) is 8. The fraction of sp³-hybridized carbons (Fsp3) is 0.391. The molecule has 6 rings (SSSR count). The molecule has 1 aliphatic carbocycles. The van der Waals surface area contributed by atoms with E-state index < -0.39 is 23.8 Å². The molecule has 1 saturated carbocycles. The van der Waals surface area contributed by atoms with Gasteiger partial charge in [-0.05, 0) is 31.7 Å². The standard InChI is InChI=1S/C23H22F2N8O2S2/c24-18(25)8-12-9-27-20-19(12)30-15(10-28-20)17-11-29-21(36-17)22(34)33-7-1-2-16(33)14-5-6-26-23(31-14)32-37(35)13-3-4-13/h5-6,9-11,13,16,18H,1-4,7-8H2,(H,27,28)(H,26,31,32). The first-order valence-electron chi connectivity index (χ1n) is 11.8. The molecule has 2 N–H and O–H groups in total. The summed E-state index contributed by atoms with van der Waals surface area (Å²) in [7, 11) is -1.21. The number of alkyl halides is 2. The minimum atomic E-state index is -2.49. The van der Waals surface area contributed by atoms with Gasteiger partial charge in [-0.2, -0.15) is 0 Å². The number of halogens is 2. The molecule has 0 bridgehead atoms. The van der Waals surface area contributed by atoms with Crippen LogP contribution in [0.3, 0.4) is 0 Å². The molecule has 192 valence electrons. The summed E-state index contributed by atoms with van der Waals surface area (Å²) < 4.78 is 40.9.